The quantitative estimate of drug-likeness (QED) is 0.562. The molecule has 27 heavy (non-hydrogen) atoms. The lowest BCUT2D eigenvalue weighted by Crippen LogP contribution is -2.27. The van der Waals surface area contributed by atoms with E-state index in [1.807, 2.05) is 43.3 Å². The lowest BCUT2D eigenvalue weighted by Gasteiger charge is -2.15. The fourth-order valence-electron chi connectivity index (χ4n) is 2.95. The molecule has 0 N–H and O–H groups in total. The normalized spacial score (nSPS) is 10.9. The van der Waals surface area contributed by atoms with Crippen molar-refractivity contribution in [1.29, 1.82) is 0 Å². The molecule has 134 valence electrons. The fraction of sp³-hybridized carbons (Fsp3) is 0.143. The van der Waals surface area contributed by atoms with Crippen LogP contribution in [0.4, 0.5) is 0 Å². The molecule has 0 atom stereocenters. The summed E-state index contributed by atoms with van der Waals surface area (Å²) in [4.78, 5) is 22.7. The molecule has 0 radical (unpaired) electrons. The third-order valence-electron chi connectivity index (χ3n) is 4.45. The highest BCUT2D eigenvalue weighted by Crippen LogP contribution is 2.19. The van der Waals surface area contributed by atoms with Crippen LogP contribution in [0.15, 0.2) is 66.9 Å². The van der Waals surface area contributed by atoms with E-state index in [0.29, 0.717) is 12.3 Å². The first-order valence-corrected chi connectivity index (χ1v) is 8.70. The summed E-state index contributed by atoms with van der Waals surface area (Å²) in [7, 11) is 1.75. The maximum atomic E-state index is 12.7. The molecule has 4 aromatic rings. The molecule has 0 bridgehead atoms. The first-order valence-electron chi connectivity index (χ1n) is 8.70. The second kappa shape index (κ2) is 6.99. The number of rotatable bonds is 4. The van der Waals surface area contributed by atoms with Crippen molar-refractivity contribution in [2.45, 2.75) is 13.5 Å². The summed E-state index contributed by atoms with van der Waals surface area (Å²) in [5.74, 6) is 0.353. The van der Waals surface area contributed by atoms with Crippen molar-refractivity contribution in [3.63, 3.8) is 0 Å². The van der Waals surface area contributed by atoms with E-state index in [4.69, 9.17) is 0 Å². The van der Waals surface area contributed by atoms with E-state index < -0.39 is 0 Å². The molecular formula is C21H19N5O. The molecule has 0 aliphatic carbocycles. The number of hydrogen-bond donors (Lipinski definition) is 0. The van der Waals surface area contributed by atoms with Gasteiger partial charge in [-0.3, -0.25) is 4.79 Å². The predicted octanol–water partition coefficient (Wildman–Crippen LogP) is 3.37. The summed E-state index contributed by atoms with van der Waals surface area (Å²) in [6.07, 6.45) is 1.66. The van der Waals surface area contributed by atoms with Crippen molar-refractivity contribution in [3.05, 3.63) is 83.9 Å². The number of fused-ring (bicyclic) bond motifs is 1. The van der Waals surface area contributed by atoms with Crippen LogP contribution >= 0.6 is 0 Å². The van der Waals surface area contributed by atoms with Crippen molar-refractivity contribution in [3.8, 4) is 11.1 Å². The molecule has 6 nitrogen and oxygen atoms in total. The molecule has 0 aliphatic rings. The Morgan fingerprint density at radius 1 is 1.00 bits per heavy atom. The van der Waals surface area contributed by atoms with E-state index in [-0.39, 0.29) is 11.7 Å². The third kappa shape index (κ3) is 3.42. The molecule has 0 saturated carbocycles. The van der Waals surface area contributed by atoms with Gasteiger partial charge in [-0.25, -0.2) is 9.50 Å². The van der Waals surface area contributed by atoms with E-state index in [2.05, 4.69) is 39.3 Å². The minimum Gasteiger partial charge on any atom is -0.335 e. The van der Waals surface area contributed by atoms with E-state index >= 15 is 0 Å². The van der Waals surface area contributed by atoms with E-state index in [0.717, 1.165) is 16.8 Å². The van der Waals surface area contributed by atoms with Gasteiger partial charge < -0.3 is 4.90 Å². The number of carbonyl (C=O) groups is 1. The Labute approximate surface area is 157 Å². The number of aromatic nitrogens is 4. The van der Waals surface area contributed by atoms with Gasteiger partial charge in [-0.2, -0.15) is 4.98 Å². The molecule has 0 saturated heterocycles. The zero-order chi connectivity index (χ0) is 18.8. The summed E-state index contributed by atoms with van der Waals surface area (Å²) in [5, 5.41) is 4.28. The minimum atomic E-state index is -0.230. The van der Waals surface area contributed by atoms with Gasteiger partial charge in [0.2, 0.25) is 5.82 Å². The maximum Gasteiger partial charge on any atom is 0.293 e. The molecule has 2 aromatic heterocycles. The molecule has 0 aliphatic heterocycles. The van der Waals surface area contributed by atoms with Crippen molar-refractivity contribution < 1.29 is 4.79 Å². The Hall–Kier alpha value is -3.54. The smallest absolute Gasteiger partial charge is 0.293 e. The van der Waals surface area contributed by atoms with Crippen molar-refractivity contribution >= 4 is 11.7 Å². The second-order valence-electron chi connectivity index (χ2n) is 6.46. The fourth-order valence-corrected chi connectivity index (χ4v) is 2.95. The number of amides is 1. The number of nitrogens with zero attached hydrogens (tertiary/aromatic N) is 5. The predicted molar refractivity (Wildman–Crippen MR) is 103 cm³/mol. The van der Waals surface area contributed by atoms with Crippen molar-refractivity contribution in [2.75, 3.05) is 7.05 Å². The highest BCUT2D eigenvalue weighted by atomic mass is 16.2. The SMILES string of the molecule is Cc1ccnc2nc(C(=O)N(C)Cc3ccc(-c4ccccc4)cc3)nn12. The molecule has 2 aromatic carbocycles. The van der Waals surface area contributed by atoms with Crippen LogP contribution in [0.5, 0.6) is 0 Å². The van der Waals surface area contributed by atoms with Crippen LogP contribution in [0.25, 0.3) is 16.9 Å². The van der Waals surface area contributed by atoms with Gasteiger partial charge in [0.05, 0.1) is 0 Å². The van der Waals surface area contributed by atoms with Gasteiger partial charge in [0, 0.05) is 25.5 Å². The molecule has 2 heterocycles. The maximum absolute atomic E-state index is 12.7. The molecule has 0 spiro atoms. The number of carbonyl (C=O) groups excluding carboxylic acids is 1. The van der Waals surface area contributed by atoms with Crippen LogP contribution in [0.3, 0.4) is 0 Å². The summed E-state index contributed by atoms with van der Waals surface area (Å²) in [6, 6.07) is 20.2. The Bertz CT molecular complexity index is 1090. The number of hydrogen-bond acceptors (Lipinski definition) is 4. The van der Waals surface area contributed by atoms with Crippen LogP contribution in [-0.2, 0) is 6.54 Å². The zero-order valence-corrected chi connectivity index (χ0v) is 15.2. The number of benzene rings is 2. The third-order valence-corrected chi connectivity index (χ3v) is 4.45. The van der Waals surface area contributed by atoms with Crippen LogP contribution in [-0.4, -0.2) is 37.4 Å². The largest absolute Gasteiger partial charge is 0.335 e. The van der Waals surface area contributed by atoms with Crippen LogP contribution < -0.4 is 0 Å². The lowest BCUT2D eigenvalue weighted by molar-refractivity contribution is 0.0773. The standard InChI is InChI=1S/C21H19N5O/c1-15-12-13-22-21-23-19(24-26(15)21)20(27)25(2)14-16-8-10-18(11-9-16)17-6-4-3-5-7-17/h3-13H,14H2,1-2H3. The Morgan fingerprint density at radius 2 is 1.70 bits per heavy atom. The highest BCUT2D eigenvalue weighted by molar-refractivity contribution is 5.90. The molecule has 0 unspecified atom stereocenters. The van der Waals surface area contributed by atoms with Gasteiger partial charge in [-0.05, 0) is 29.7 Å². The summed E-state index contributed by atoms with van der Waals surface area (Å²) < 4.78 is 1.58. The van der Waals surface area contributed by atoms with Gasteiger partial charge in [-0.1, -0.05) is 54.6 Å². The first-order chi connectivity index (χ1) is 13.1. The van der Waals surface area contributed by atoms with E-state index in [1.165, 1.54) is 5.56 Å². The highest BCUT2D eigenvalue weighted by Gasteiger charge is 2.18. The topological polar surface area (TPSA) is 63.4 Å². The van der Waals surface area contributed by atoms with Crippen molar-refractivity contribution in [1.82, 2.24) is 24.5 Å². The Balaban J connectivity index is 1.50. The van der Waals surface area contributed by atoms with Crippen LogP contribution in [0.2, 0.25) is 0 Å². The minimum absolute atomic E-state index is 0.153. The second-order valence-corrected chi connectivity index (χ2v) is 6.46. The molecular weight excluding hydrogens is 338 g/mol. The Morgan fingerprint density at radius 3 is 2.41 bits per heavy atom. The van der Waals surface area contributed by atoms with Gasteiger partial charge in [0.15, 0.2) is 0 Å². The van der Waals surface area contributed by atoms with Crippen molar-refractivity contribution in [2.24, 2.45) is 0 Å². The Kier molecular flexibility index (Phi) is 4.38. The van der Waals surface area contributed by atoms with Gasteiger partial charge in [-0.15, -0.1) is 5.10 Å². The van der Waals surface area contributed by atoms with Crippen LogP contribution in [0.1, 0.15) is 21.9 Å². The zero-order valence-electron chi connectivity index (χ0n) is 15.2. The first kappa shape index (κ1) is 16.9. The van der Waals surface area contributed by atoms with Gasteiger partial charge >= 0.3 is 0 Å². The van der Waals surface area contributed by atoms with Gasteiger partial charge in [0.1, 0.15) is 0 Å². The average molecular weight is 357 g/mol. The monoisotopic (exact) mass is 357 g/mol. The molecule has 6 heteroatoms. The van der Waals surface area contributed by atoms with E-state index in [1.54, 1.807) is 22.7 Å². The van der Waals surface area contributed by atoms with Crippen LogP contribution in [0, 0.1) is 6.92 Å². The molecule has 0 fully saturated rings. The summed E-state index contributed by atoms with van der Waals surface area (Å²) >= 11 is 0. The molecule has 1 amide bonds. The lowest BCUT2D eigenvalue weighted by atomic mass is 10.0. The van der Waals surface area contributed by atoms with E-state index in [9.17, 15) is 4.79 Å². The number of aryl methyl sites for hydroxylation is 1. The summed E-state index contributed by atoms with van der Waals surface area (Å²) in [6.45, 7) is 2.38. The summed E-state index contributed by atoms with van der Waals surface area (Å²) in [5.41, 5.74) is 4.25. The van der Waals surface area contributed by atoms with Gasteiger partial charge in [0.25, 0.3) is 11.7 Å². The molecule has 4 rings (SSSR count). The average Bonchev–Trinajstić information content (AvgIpc) is 3.14.